The molecule has 0 aliphatic heterocycles. The monoisotopic (exact) mass is 176 g/mol. The second-order valence-electron chi connectivity index (χ2n) is 2.82. The summed E-state index contributed by atoms with van der Waals surface area (Å²) in [6.07, 6.45) is 0. The van der Waals surface area contributed by atoms with Crippen LogP contribution in [0.5, 0.6) is 0 Å². The lowest BCUT2D eigenvalue weighted by Crippen LogP contribution is -2.04. The SMILES string of the molecule is C=C(C)c1ccccc1C(=O)OC. The summed E-state index contributed by atoms with van der Waals surface area (Å²) in [7, 11) is 1.37. The van der Waals surface area contributed by atoms with Crippen LogP contribution in [0.2, 0.25) is 0 Å². The van der Waals surface area contributed by atoms with Gasteiger partial charge in [-0.25, -0.2) is 4.79 Å². The molecule has 0 unspecified atom stereocenters. The average molecular weight is 176 g/mol. The van der Waals surface area contributed by atoms with Crippen molar-refractivity contribution in [3.05, 3.63) is 42.0 Å². The van der Waals surface area contributed by atoms with Crippen molar-refractivity contribution in [3.8, 4) is 0 Å². The van der Waals surface area contributed by atoms with Crippen LogP contribution in [0.25, 0.3) is 5.57 Å². The molecule has 13 heavy (non-hydrogen) atoms. The first-order valence-electron chi connectivity index (χ1n) is 4.00. The Hall–Kier alpha value is -1.57. The van der Waals surface area contributed by atoms with Crippen molar-refractivity contribution in [2.24, 2.45) is 0 Å². The van der Waals surface area contributed by atoms with Gasteiger partial charge in [-0.2, -0.15) is 0 Å². The molecule has 2 nitrogen and oxygen atoms in total. The summed E-state index contributed by atoms with van der Waals surface area (Å²) in [5, 5.41) is 0. The molecular formula is C11H12O2. The Morgan fingerprint density at radius 3 is 2.31 bits per heavy atom. The van der Waals surface area contributed by atoms with Crippen molar-refractivity contribution in [2.75, 3.05) is 7.11 Å². The van der Waals surface area contributed by atoms with Gasteiger partial charge in [0.05, 0.1) is 12.7 Å². The predicted molar refractivity (Wildman–Crippen MR) is 52.5 cm³/mol. The smallest absolute Gasteiger partial charge is 0.338 e. The van der Waals surface area contributed by atoms with Gasteiger partial charge >= 0.3 is 5.97 Å². The lowest BCUT2D eigenvalue weighted by molar-refractivity contribution is 0.0600. The van der Waals surface area contributed by atoms with Crippen LogP contribution in [-0.2, 0) is 4.74 Å². The van der Waals surface area contributed by atoms with E-state index in [0.29, 0.717) is 5.56 Å². The summed E-state index contributed by atoms with van der Waals surface area (Å²) in [6.45, 7) is 5.66. The molecule has 0 radical (unpaired) electrons. The van der Waals surface area contributed by atoms with Crippen LogP contribution in [0.1, 0.15) is 22.8 Å². The summed E-state index contributed by atoms with van der Waals surface area (Å²) >= 11 is 0. The second kappa shape index (κ2) is 3.90. The van der Waals surface area contributed by atoms with Gasteiger partial charge in [-0.05, 0) is 18.6 Å². The number of benzene rings is 1. The van der Waals surface area contributed by atoms with Gasteiger partial charge in [0.25, 0.3) is 0 Å². The van der Waals surface area contributed by atoms with E-state index < -0.39 is 0 Å². The molecule has 0 N–H and O–H groups in total. The molecule has 68 valence electrons. The molecule has 0 atom stereocenters. The van der Waals surface area contributed by atoms with Gasteiger partial charge in [-0.3, -0.25) is 0 Å². The molecule has 0 saturated heterocycles. The van der Waals surface area contributed by atoms with Gasteiger partial charge < -0.3 is 4.74 Å². The number of ether oxygens (including phenoxy) is 1. The van der Waals surface area contributed by atoms with Gasteiger partial charge in [0, 0.05) is 0 Å². The van der Waals surface area contributed by atoms with Gasteiger partial charge in [0.1, 0.15) is 0 Å². The molecule has 0 amide bonds. The molecule has 0 aliphatic rings. The number of esters is 1. The summed E-state index contributed by atoms with van der Waals surface area (Å²) in [4.78, 5) is 11.3. The van der Waals surface area contributed by atoms with E-state index in [0.717, 1.165) is 11.1 Å². The largest absolute Gasteiger partial charge is 0.465 e. The summed E-state index contributed by atoms with van der Waals surface area (Å²) in [5.74, 6) is -0.321. The maximum absolute atomic E-state index is 11.3. The van der Waals surface area contributed by atoms with Crippen LogP contribution < -0.4 is 0 Å². The quantitative estimate of drug-likeness (QED) is 0.647. The molecule has 0 saturated carbocycles. The molecule has 1 rings (SSSR count). The number of methoxy groups -OCH3 is 1. The minimum atomic E-state index is -0.321. The Bertz CT molecular complexity index is 340. The van der Waals surface area contributed by atoms with Gasteiger partial charge in [0.2, 0.25) is 0 Å². The van der Waals surface area contributed by atoms with E-state index in [1.54, 1.807) is 12.1 Å². The molecular weight excluding hydrogens is 164 g/mol. The Morgan fingerprint density at radius 2 is 1.85 bits per heavy atom. The normalized spacial score (nSPS) is 9.38. The van der Waals surface area contributed by atoms with Crippen molar-refractivity contribution in [3.63, 3.8) is 0 Å². The molecule has 1 aromatic rings. The lowest BCUT2D eigenvalue weighted by Gasteiger charge is -2.06. The Morgan fingerprint density at radius 1 is 1.31 bits per heavy atom. The lowest BCUT2D eigenvalue weighted by atomic mass is 10.0. The zero-order valence-electron chi connectivity index (χ0n) is 7.83. The van der Waals surface area contributed by atoms with Gasteiger partial charge in [-0.1, -0.05) is 30.4 Å². The summed E-state index contributed by atoms with van der Waals surface area (Å²) < 4.78 is 4.65. The van der Waals surface area contributed by atoms with E-state index >= 15 is 0 Å². The molecule has 0 heterocycles. The Kier molecular flexibility index (Phi) is 2.85. The van der Waals surface area contributed by atoms with Crippen LogP contribution in [-0.4, -0.2) is 13.1 Å². The summed E-state index contributed by atoms with van der Waals surface area (Å²) in [6, 6.07) is 7.26. The highest BCUT2D eigenvalue weighted by Crippen LogP contribution is 2.17. The molecule has 0 aliphatic carbocycles. The van der Waals surface area contributed by atoms with Gasteiger partial charge in [-0.15, -0.1) is 0 Å². The maximum atomic E-state index is 11.3. The van der Waals surface area contributed by atoms with Crippen molar-refractivity contribution in [2.45, 2.75) is 6.92 Å². The Balaban J connectivity index is 3.19. The highest BCUT2D eigenvalue weighted by molar-refractivity contribution is 5.94. The van der Waals surface area contributed by atoms with Crippen LogP contribution in [0.3, 0.4) is 0 Å². The standard InChI is InChI=1S/C11H12O2/c1-8(2)9-6-4-5-7-10(9)11(12)13-3/h4-7H,1H2,2-3H3. The fraction of sp³-hybridized carbons (Fsp3) is 0.182. The van der Waals surface area contributed by atoms with Crippen LogP contribution in [0.15, 0.2) is 30.8 Å². The van der Waals surface area contributed by atoms with Crippen LogP contribution in [0.4, 0.5) is 0 Å². The fourth-order valence-corrected chi connectivity index (χ4v) is 1.14. The van der Waals surface area contributed by atoms with Crippen LogP contribution >= 0.6 is 0 Å². The van der Waals surface area contributed by atoms with E-state index in [1.165, 1.54) is 7.11 Å². The third kappa shape index (κ3) is 1.96. The van der Waals surface area contributed by atoms with E-state index in [1.807, 2.05) is 19.1 Å². The minimum Gasteiger partial charge on any atom is -0.465 e. The number of carbonyl (C=O) groups excluding carboxylic acids is 1. The summed E-state index contributed by atoms with van der Waals surface area (Å²) in [5.41, 5.74) is 2.27. The number of carbonyl (C=O) groups is 1. The highest BCUT2D eigenvalue weighted by Gasteiger charge is 2.10. The van der Waals surface area contributed by atoms with Crippen molar-refractivity contribution >= 4 is 11.5 Å². The van der Waals surface area contributed by atoms with Crippen LogP contribution in [0, 0.1) is 0 Å². The van der Waals surface area contributed by atoms with E-state index in [4.69, 9.17) is 0 Å². The van der Waals surface area contributed by atoms with Crippen molar-refractivity contribution in [1.29, 1.82) is 0 Å². The fourth-order valence-electron chi connectivity index (χ4n) is 1.14. The first-order valence-corrected chi connectivity index (χ1v) is 4.00. The van der Waals surface area contributed by atoms with E-state index in [-0.39, 0.29) is 5.97 Å². The third-order valence-corrected chi connectivity index (χ3v) is 1.79. The minimum absolute atomic E-state index is 0.321. The number of rotatable bonds is 2. The third-order valence-electron chi connectivity index (χ3n) is 1.79. The van der Waals surface area contributed by atoms with Crippen molar-refractivity contribution in [1.82, 2.24) is 0 Å². The second-order valence-corrected chi connectivity index (χ2v) is 2.82. The molecule has 2 heteroatoms. The van der Waals surface area contributed by atoms with Crippen molar-refractivity contribution < 1.29 is 9.53 Å². The molecule has 0 bridgehead atoms. The molecule has 0 fully saturated rings. The number of allylic oxidation sites excluding steroid dienone is 1. The Labute approximate surface area is 77.8 Å². The first-order chi connectivity index (χ1) is 6.16. The van der Waals surface area contributed by atoms with E-state index in [9.17, 15) is 4.79 Å². The number of hydrogen-bond acceptors (Lipinski definition) is 2. The maximum Gasteiger partial charge on any atom is 0.338 e. The zero-order valence-corrected chi connectivity index (χ0v) is 7.83. The first kappa shape index (κ1) is 9.52. The average Bonchev–Trinajstić information content (AvgIpc) is 2.16. The molecule has 1 aromatic carbocycles. The topological polar surface area (TPSA) is 26.3 Å². The molecule has 0 spiro atoms. The number of hydrogen-bond donors (Lipinski definition) is 0. The zero-order chi connectivity index (χ0) is 9.84. The van der Waals surface area contributed by atoms with E-state index in [2.05, 4.69) is 11.3 Å². The molecule has 0 aromatic heterocycles. The predicted octanol–water partition coefficient (Wildman–Crippen LogP) is 2.51. The highest BCUT2D eigenvalue weighted by atomic mass is 16.5. The van der Waals surface area contributed by atoms with Gasteiger partial charge in [0.15, 0.2) is 0 Å².